The van der Waals surface area contributed by atoms with Crippen molar-refractivity contribution in [2.24, 2.45) is 0 Å². The van der Waals surface area contributed by atoms with Crippen molar-refractivity contribution in [2.75, 3.05) is 7.11 Å². The van der Waals surface area contributed by atoms with Crippen LogP contribution in [0.5, 0.6) is 5.75 Å². The Hall–Kier alpha value is -1.32. The smallest absolute Gasteiger partial charge is 0.245 e. The van der Waals surface area contributed by atoms with Crippen molar-refractivity contribution in [1.29, 1.82) is 0 Å². The maximum Gasteiger partial charge on any atom is 0.245 e. The van der Waals surface area contributed by atoms with Crippen molar-refractivity contribution in [2.45, 2.75) is 6.61 Å². The third-order valence-electron chi connectivity index (χ3n) is 1.81. The lowest BCUT2D eigenvalue weighted by atomic mass is 10.1. The van der Waals surface area contributed by atoms with E-state index in [9.17, 15) is 4.79 Å². The molecule has 0 aliphatic rings. The molecule has 0 fully saturated rings. The molecular weight excluding hydrogens is 216 g/mol. The molecule has 0 bridgehead atoms. The number of hydrogen-bond donors (Lipinski definition) is 1. The molecule has 0 saturated heterocycles. The average molecular weight is 227 g/mol. The van der Waals surface area contributed by atoms with Gasteiger partial charge in [-0.3, -0.25) is 4.79 Å². The van der Waals surface area contributed by atoms with Gasteiger partial charge in [0.15, 0.2) is 0 Å². The first-order valence-electron chi connectivity index (χ1n) is 4.32. The number of aliphatic hydroxyl groups excluding tert-OH is 1. The number of hydrogen-bond acceptors (Lipinski definition) is 3. The van der Waals surface area contributed by atoms with E-state index in [0.717, 1.165) is 11.1 Å². The van der Waals surface area contributed by atoms with E-state index in [-0.39, 0.29) is 6.61 Å². The standard InChI is InChI=1S/C11H11ClO3/c1-15-10-5-8(2-3-11(12)14)4-9(6-10)7-13/h2-6,13H,7H2,1H3/b3-2+. The summed E-state index contributed by atoms with van der Waals surface area (Å²) in [6.07, 6.45) is 2.81. The molecule has 0 radical (unpaired) electrons. The monoisotopic (exact) mass is 226 g/mol. The molecule has 0 amide bonds. The van der Waals surface area contributed by atoms with E-state index in [0.29, 0.717) is 5.75 Å². The van der Waals surface area contributed by atoms with Gasteiger partial charge in [0.05, 0.1) is 13.7 Å². The highest BCUT2D eigenvalue weighted by molar-refractivity contribution is 6.66. The summed E-state index contributed by atoms with van der Waals surface area (Å²) in [4.78, 5) is 10.5. The second kappa shape index (κ2) is 5.53. The van der Waals surface area contributed by atoms with Crippen LogP contribution < -0.4 is 4.74 Å². The number of aliphatic hydroxyl groups is 1. The summed E-state index contributed by atoms with van der Waals surface area (Å²) in [6.45, 7) is -0.0765. The average Bonchev–Trinajstić information content (AvgIpc) is 2.25. The predicted octanol–water partition coefficient (Wildman–Crippen LogP) is 1.97. The second-order valence-corrected chi connectivity index (χ2v) is 3.28. The first-order valence-corrected chi connectivity index (χ1v) is 4.70. The SMILES string of the molecule is COc1cc(/C=C/C(=O)Cl)cc(CO)c1. The lowest BCUT2D eigenvalue weighted by Gasteiger charge is -2.04. The van der Waals surface area contributed by atoms with Crippen molar-refractivity contribution < 1.29 is 14.6 Å². The molecule has 0 aliphatic carbocycles. The van der Waals surface area contributed by atoms with E-state index in [4.69, 9.17) is 21.4 Å². The fraction of sp³-hybridized carbons (Fsp3) is 0.182. The van der Waals surface area contributed by atoms with Gasteiger partial charge in [0, 0.05) is 0 Å². The molecule has 0 aliphatic heterocycles. The lowest BCUT2D eigenvalue weighted by Crippen LogP contribution is -1.89. The number of carbonyl (C=O) groups excluding carboxylic acids is 1. The maximum atomic E-state index is 10.5. The van der Waals surface area contributed by atoms with Crippen LogP contribution in [0.25, 0.3) is 6.08 Å². The Morgan fingerprint density at radius 1 is 1.53 bits per heavy atom. The number of halogens is 1. The molecule has 80 valence electrons. The van der Waals surface area contributed by atoms with Crippen LogP contribution in [-0.2, 0) is 11.4 Å². The van der Waals surface area contributed by atoms with Gasteiger partial charge in [0.2, 0.25) is 5.24 Å². The van der Waals surface area contributed by atoms with Crippen molar-refractivity contribution in [3.05, 3.63) is 35.4 Å². The number of carbonyl (C=O) groups is 1. The molecule has 0 heterocycles. The normalized spacial score (nSPS) is 10.6. The highest BCUT2D eigenvalue weighted by Gasteiger charge is 1.98. The van der Waals surface area contributed by atoms with Gasteiger partial charge in [-0.1, -0.05) is 6.08 Å². The zero-order valence-corrected chi connectivity index (χ0v) is 8.99. The number of ether oxygens (including phenoxy) is 1. The Morgan fingerprint density at radius 3 is 2.80 bits per heavy atom. The van der Waals surface area contributed by atoms with E-state index in [2.05, 4.69) is 0 Å². The molecule has 0 saturated carbocycles. The third-order valence-corrected chi connectivity index (χ3v) is 1.94. The molecule has 0 unspecified atom stereocenters. The van der Waals surface area contributed by atoms with Gasteiger partial charge >= 0.3 is 0 Å². The predicted molar refractivity (Wildman–Crippen MR) is 58.8 cm³/mol. The summed E-state index contributed by atoms with van der Waals surface area (Å²) in [7, 11) is 1.54. The van der Waals surface area contributed by atoms with Crippen LogP contribution in [0.4, 0.5) is 0 Å². The van der Waals surface area contributed by atoms with Gasteiger partial charge in [-0.25, -0.2) is 0 Å². The molecule has 0 atom stereocenters. The number of rotatable bonds is 4. The minimum absolute atomic E-state index is 0.0765. The molecule has 1 aromatic carbocycles. The summed E-state index contributed by atoms with van der Waals surface area (Å²) in [5.74, 6) is 0.628. The molecule has 1 aromatic rings. The number of benzene rings is 1. The molecule has 0 spiro atoms. The Kier molecular flexibility index (Phi) is 4.34. The van der Waals surface area contributed by atoms with Crippen LogP contribution in [0.15, 0.2) is 24.3 Å². The summed E-state index contributed by atoms with van der Waals surface area (Å²) < 4.78 is 5.04. The van der Waals surface area contributed by atoms with Crippen LogP contribution in [0.2, 0.25) is 0 Å². The van der Waals surface area contributed by atoms with Gasteiger partial charge in [0.25, 0.3) is 0 Å². The van der Waals surface area contributed by atoms with E-state index in [1.807, 2.05) is 0 Å². The minimum atomic E-state index is -0.539. The molecule has 1 rings (SSSR count). The van der Waals surface area contributed by atoms with Crippen LogP contribution in [-0.4, -0.2) is 17.5 Å². The number of methoxy groups -OCH3 is 1. The minimum Gasteiger partial charge on any atom is -0.497 e. The highest BCUT2D eigenvalue weighted by Crippen LogP contribution is 2.18. The van der Waals surface area contributed by atoms with Crippen LogP contribution in [0.3, 0.4) is 0 Å². The van der Waals surface area contributed by atoms with E-state index < -0.39 is 5.24 Å². The topological polar surface area (TPSA) is 46.5 Å². The Labute approximate surface area is 92.9 Å². The molecule has 0 aromatic heterocycles. The Morgan fingerprint density at radius 2 is 2.27 bits per heavy atom. The maximum absolute atomic E-state index is 10.5. The first-order chi connectivity index (χ1) is 7.15. The quantitative estimate of drug-likeness (QED) is 0.631. The second-order valence-electron chi connectivity index (χ2n) is 2.91. The molecular formula is C11H11ClO3. The summed E-state index contributed by atoms with van der Waals surface area (Å²) in [5.41, 5.74) is 1.48. The van der Waals surface area contributed by atoms with Gasteiger partial charge in [-0.05, 0) is 47.0 Å². The highest BCUT2D eigenvalue weighted by atomic mass is 35.5. The summed E-state index contributed by atoms with van der Waals surface area (Å²) >= 11 is 5.17. The van der Waals surface area contributed by atoms with Crippen molar-refractivity contribution >= 4 is 22.9 Å². The van der Waals surface area contributed by atoms with E-state index in [1.165, 1.54) is 13.2 Å². The van der Waals surface area contributed by atoms with Crippen molar-refractivity contribution in [1.82, 2.24) is 0 Å². The van der Waals surface area contributed by atoms with Gasteiger partial charge in [0.1, 0.15) is 5.75 Å². The van der Waals surface area contributed by atoms with Gasteiger partial charge in [-0.15, -0.1) is 0 Å². The van der Waals surface area contributed by atoms with Crippen LogP contribution in [0.1, 0.15) is 11.1 Å². The van der Waals surface area contributed by atoms with Crippen molar-refractivity contribution in [3.63, 3.8) is 0 Å². The van der Waals surface area contributed by atoms with Crippen LogP contribution in [0, 0.1) is 0 Å². The number of allylic oxidation sites excluding steroid dienone is 1. The zero-order valence-electron chi connectivity index (χ0n) is 8.24. The largest absolute Gasteiger partial charge is 0.497 e. The zero-order chi connectivity index (χ0) is 11.3. The summed E-state index contributed by atoms with van der Waals surface area (Å²) in [5, 5.41) is 8.45. The lowest BCUT2D eigenvalue weighted by molar-refractivity contribution is -0.107. The fourth-order valence-corrected chi connectivity index (χ4v) is 1.22. The fourth-order valence-electron chi connectivity index (χ4n) is 1.15. The molecule has 1 N–H and O–H groups in total. The van der Waals surface area contributed by atoms with Crippen LogP contribution >= 0.6 is 11.6 Å². The van der Waals surface area contributed by atoms with E-state index >= 15 is 0 Å². The summed E-state index contributed by atoms with van der Waals surface area (Å²) in [6, 6.07) is 5.22. The molecule has 15 heavy (non-hydrogen) atoms. The van der Waals surface area contributed by atoms with Crippen molar-refractivity contribution in [3.8, 4) is 5.75 Å². The van der Waals surface area contributed by atoms with Gasteiger partial charge < -0.3 is 9.84 Å². The first kappa shape index (κ1) is 11.8. The molecule has 4 heteroatoms. The van der Waals surface area contributed by atoms with Gasteiger partial charge in [-0.2, -0.15) is 0 Å². The Balaban J connectivity index is 3.01. The van der Waals surface area contributed by atoms with E-state index in [1.54, 1.807) is 24.3 Å². The Bertz CT molecular complexity index is 363. The molecule has 3 nitrogen and oxygen atoms in total. The third kappa shape index (κ3) is 3.73.